The van der Waals surface area contributed by atoms with Gasteiger partial charge in [-0.2, -0.15) is 0 Å². The maximum absolute atomic E-state index is 2.21. The molecule has 0 aliphatic heterocycles. The first-order chi connectivity index (χ1) is 5.43. The second-order valence-electron chi connectivity index (χ2n) is 2.32. The van der Waals surface area contributed by atoms with Crippen molar-refractivity contribution in [2.75, 3.05) is 0 Å². The Kier molecular flexibility index (Phi) is 3.69. The van der Waals surface area contributed by atoms with E-state index in [4.69, 9.17) is 0 Å². The maximum Gasteiger partial charge on any atom is 0.0849 e. The first-order valence-electron chi connectivity index (χ1n) is 3.83. The maximum atomic E-state index is 2.21. The fourth-order valence-corrected chi connectivity index (χ4v) is 1.87. The lowest BCUT2D eigenvalue weighted by molar-refractivity contribution is 1.61. The van der Waals surface area contributed by atoms with Crippen LogP contribution in [0.15, 0.2) is 42.5 Å². The monoisotopic (exact) mass is 160 g/mol. The highest BCUT2D eigenvalue weighted by molar-refractivity contribution is 6.53. The van der Waals surface area contributed by atoms with E-state index in [2.05, 4.69) is 49.4 Å². The molecule has 0 atom stereocenters. The van der Waals surface area contributed by atoms with Gasteiger partial charge in [0.25, 0.3) is 0 Å². The average molecular weight is 160 g/mol. The van der Waals surface area contributed by atoms with Crippen LogP contribution in [0.25, 0.3) is 0 Å². The van der Waals surface area contributed by atoms with Gasteiger partial charge in [0.1, 0.15) is 0 Å². The van der Waals surface area contributed by atoms with Crippen molar-refractivity contribution in [2.45, 2.75) is 13.0 Å². The van der Waals surface area contributed by atoms with Gasteiger partial charge in [-0.15, -0.1) is 0 Å². The van der Waals surface area contributed by atoms with Crippen LogP contribution in [0.5, 0.6) is 0 Å². The van der Waals surface area contributed by atoms with E-state index >= 15 is 0 Å². The Morgan fingerprint density at radius 1 is 1.27 bits per heavy atom. The lowest BCUT2D eigenvalue weighted by Gasteiger charge is -1.93. The second kappa shape index (κ2) is 4.91. The third-order valence-electron chi connectivity index (χ3n) is 1.43. The summed E-state index contributed by atoms with van der Waals surface area (Å²) in [6.07, 6.45) is 4.32. The number of rotatable bonds is 3. The number of hydrogen-bond acceptors (Lipinski definition) is 0. The Morgan fingerprint density at radius 2 is 2.00 bits per heavy atom. The Labute approximate surface area is 70.8 Å². The van der Waals surface area contributed by atoms with Crippen molar-refractivity contribution in [1.29, 1.82) is 0 Å². The summed E-state index contributed by atoms with van der Waals surface area (Å²) in [5.74, 6) is 0. The molecule has 0 saturated carbocycles. The van der Waals surface area contributed by atoms with Gasteiger partial charge in [-0.25, -0.2) is 0 Å². The third-order valence-corrected chi connectivity index (χ3v) is 2.61. The summed E-state index contributed by atoms with van der Waals surface area (Å²) < 4.78 is 0. The van der Waals surface area contributed by atoms with Crippen molar-refractivity contribution in [1.82, 2.24) is 0 Å². The van der Waals surface area contributed by atoms with Gasteiger partial charge < -0.3 is 0 Å². The normalized spacial score (nSPS) is 10.6. The molecular weight excluding hydrogens is 148 g/mol. The van der Waals surface area contributed by atoms with Crippen molar-refractivity contribution in [3.8, 4) is 0 Å². The fraction of sp³-hybridized carbons (Fsp3) is 0.200. The van der Waals surface area contributed by atoms with Crippen molar-refractivity contribution in [2.24, 2.45) is 0 Å². The van der Waals surface area contributed by atoms with E-state index in [0.717, 1.165) is 9.52 Å². The molecule has 2 radical (unpaired) electrons. The van der Waals surface area contributed by atoms with Gasteiger partial charge in [0.2, 0.25) is 0 Å². The van der Waals surface area contributed by atoms with Crippen LogP contribution < -0.4 is 5.19 Å². The number of allylic oxidation sites excluding steroid dienone is 2. The summed E-state index contributed by atoms with van der Waals surface area (Å²) in [5.41, 5.74) is 0. The minimum Gasteiger partial charge on any atom is -0.0920 e. The molecule has 1 aromatic carbocycles. The van der Waals surface area contributed by atoms with E-state index in [1.807, 2.05) is 0 Å². The molecular formula is C10H12Si. The molecule has 0 N–H and O–H groups in total. The Hall–Kier alpha value is -0.823. The molecule has 0 heterocycles. The SMILES string of the molecule is C/C=C/C[Si]c1ccccc1. The van der Waals surface area contributed by atoms with E-state index < -0.39 is 0 Å². The molecule has 1 aromatic rings. The minimum absolute atomic E-state index is 0.924. The van der Waals surface area contributed by atoms with Gasteiger partial charge in [-0.3, -0.25) is 0 Å². The summed E-state index contributed by atoms with van der Waals surface area (Å²) in [4.78, 5) is 0. The average Bonchev–Trinajstić information content (AvgIpc) is 2.07. The summed E-state index contributed by atoms with van der Waals surface area (Å²) in [5, 5.41) is 1.45. The van der Waals surface area contributed by atoms with Crippen molar-refractivity contribution in [3.63, 3.8) is 0 Å². The molecule has 1 heteroatoms. The smallest absolute Gasteiger partial charge is 0.0849 e. The van der Waals surface area contributed by atoms with Crippen LogP contribution in [-0.2, 0) is 0 Å². The molecule has 0 aromatic heterocycles. The summed E-state index contributed by atoms with van der Waals surface area (Å²) in [6, 6.07) is 11.8. The molecule has 0 saturated heterocycles. The Balaban J connectivity index is 2.39. The van der Waals surface area contributed by atoms with Crippen LogP contribution in [0.3, 0.4) is 0 Å². The highest BCUT2D eigenvalue weighted by atomic mass is 28.2. The quantitative estimate of drug-likeness (QED) is 0.469. The molecule has 0 nitrogen and oxygen atoms in total. The van der Waals surface area contributed by atoms with Crippen molar-refractivity contribution in [3.05, 3.63) is 42.5 Å². The molecule has 0 aliphatic carbocycles. The van der Waals surface area contributed by atoms with E-state index in [-0.39, 0.29) is 0 Å². The molecule has 1 rings (SSSR count). The predicted molar refractivity (Wildman–Crippen MR) is 51.5 cm³/mol. The lowest BCUT2D eigenvalue weighted by Crippen LogP contribution is -2.11. The van der Waals surface area contributed by atoms with Crippen LogP contribution in [0.1, 0.15) is 6.92 Å². The minimum atomic E-state index is 0.924. The highest BCUT2D eigenvalue weighted by Crippen LogP contribution is 1.85. The zero-order valence-electron chi connectivity index (χ0n) is 6.75. The number of hydrogen-bond donors (Lipinski definition) is 0. The van der Waals surface area contributed by atoms with Crippen LogP contribution >= 0.6 is 0 Å². The third kappa shape index (κ3) is 3.19. The van der Waals surface area contributed by atoms with Crippen LogP contribution in [0.2, 0.25) is 6.04 Å². The Bertz CT molecular complexity index is 214. The molecule has 0 fully saturated rings. The fourth-order valence-electron chi connectivity index (χ4n) is 0.851. The number of benzene rings is 1. The molecule has 11 heavy (non-hydrogen) atoms. The molecule has 0 aliphatic rings. The topological polar surface area (TPSA) is 0 Å². The van der Waals surface area contributed by atoms with Gasteiger partial charge in [-0.05, 0) is 13.0 Å². The van der Waals surface area contributed by atoms with Gasteiger partial charge in [0, 0.05) is 0 Å². The van der Waals surface area contributed by atoms with Crippen LogP contribution in [0.4, 0.5) is 0 Å². The van der Waals surface area contributed by atoms with Gasteiger partial charge in [0.05, 0.1) is 9.52 Å². The predicted octanol–water partition coefficient (Wildman–Crippen LogP) is 2.01. The lowest BCUT2D eigenvalue weighted by atomic mass is 10.4. The van der Waals surface area contributed by atoms with Gasteiger partial charge in [0.15, 0.2) is 0 Å². The largest absolute Gasteiger partial charge is 0.0920 e. The second-order valence-corrected chi connectivity index (χ2v) is 3.66. The summed E-state index contributed by atoms with van der Waals surface area (Å²) in [6.45, 7) is 2.06. The first-order valence-corrected chi connectivity index (χ1v) is 5.04. The highest BCUT2D eigenvalue weighted by Gasteiger charge is 1.88. The molecule has 56 valence electrons. The standard InChI is InChI=1S/C10H12Si/c1-2-3-9-11-10-7-5-4-6-8-10/h2-8H,9H2,1H3/b3-2+. The van der Waals surface area contributed by atoms with E-state index in [1.165, 1.54) is 11.2 Å². The van der Waals surface area contributed by atoms with Crippen molar-refractivity contribution < 1.29 is 0 Å². The molecule has 0 bridgehead atoms. The van der Waals surface area contributed by atoms with E-state index in [0.29, 0.717) is 0 Å². The van der Waals surface area contributed by atoms with Crippen LogP contribution in [0, 0.1) is 0 Å². The molecule has 0 spiro atoms. The Morgan fingerprint density at radius 3 is 2.64 bits per heavy atom. The molecule has 0 amide bonds. The van der Waals surface area contributed by atoms with E-state index in [9.17, 15) is 0 Å². The zero-order chi connectivity index (χ0) is 7.94. The van der Waals surface area contributed by atoms with Crippen molar-refractivity contribution >= 4 is 14.7 Å². The zero-order valence-corrected chi connectivity index (χ0v) is 7.75. The van der Waals surface area contributed by atoms with Crippen LogP contribution in [-0.4, -0.2) is 9.52 Å². The molecule has 0 unspecified atom stereocenters. The summed E-state index contributed by atoms with van der Waals surface area (Å²) >= 11 is 0. The van der Waals surface area contributed by atoms with E-state index in [1.54, 1.807) is 0 Å². The summed E-state index contributed by atoms with van der Waals surface area (Å²) in [7, 11) is 0.924. The van der Waals surface area contributed by atoms with Gasteiger partial charge >= 0.3 is 0 Å². The first kappa shape index (κ1) is 8.28. The van der Waals surface area contributed by atoms with Gasteiger partial charge in [-0.1, -0.05) is 47.7 Å².